The highest BCUT2D eigenvalue weighted by Crippen LogP contribution is 2.38. The third kappa shape index (κ3) is 2.67. The lowest BCUT2D eigenvalue weighted by molar-refractivity contribution is 0.0697. The van der Waals surface area contributed by atoms with Crippen LogP contribution in [0.1, 0.15) is 40.3 Å². The Bertz CT molecular complexity index is 989. The number of aromatic nitrogens is 4. The summed E-state index contributed by atoms with van der Waals surface area (Å²) >= 11 is 0. The summed E-state index contributed by atoms with van der Waals surface area (Å²) in [6, 6.07) is 9.47. The van der Waals surface area contributed by atoms with Gasteiger partial charge in [-0.3, -0.25) is 4.79 Å². The average molecular weight is 346 g/mol. The van der Waals surface area contributed by atoms with Crippen LogP contribution in [0.25, 0.3) is 11.3 Å². The SMILES string of the molecule is Cc1cccc(-c2nc(N)nc3c2CN(C(=O)c2ccncn2)C3C)c1. The number of nitrogen functional groups attached to an aromatic ring is 1. The number of benzene rings is 1. The van der Waals surface area contributed by atoms with E-state index in [1.165, 1.54) is 6.33 Å². The van der Waals surface area contributed by atoms with Crippen molar-refractivity contribution in [2.75, 3.05) is 5.73 Å². The zero-order valence-electron chi connectivity index (χ0n) is 14.5. The molecule has 1 unspecified atom stereocenters. The van der Waals surface area contributed by atoms with E-state index >= 15 is 0 Å². The number of hydrogen-bond donors (Lipinski definition) is 1. The van der Waals surface area contributed by atoms with Gasteiger partial charge in [-0.15, -0.1) is 0 Å². The highest BCUT2D eigenvalue weighted by molar-refractivity contribution is 5.93. The van der Waals surface area contributed by atoms with E-state index in [0.29, 0.717) is 12.2 Å². The summed E-state index contributed by atoms with van der Waals surface area (Å²) in [5, 5.41) is 0. The molecule has 0 saturated carbocycles. The molecule has 1 aliphatic heterocycles. The number of anilines is 1. The maximum absolute atomic E-state index is 12.9. The molecule has 7 nitrogen and oxygen atoms in total. The number of amides is 1. The first-order valence-electron chi connectivity index (χ1n) is 8.35. The van der Waals surface area contributed by atoms with Gasteiger partial charge in [0.05, 0.1) is 24.0 Å². The van der Waals surface area contributed by atoms with Gasteiger partial charge in [-0.25, -0.2) is 19.9 Å². The summed E-state index contributed by atoms with van der Waals surface area (Å²) in [5.41, 5.74) is 10.9. The quantitative estimate of drug-likeness (QED) is 0.766. The van der Waals surface area contributed by atoms with Gasteiger partial charge >= 0.3 is 0 Å². The predicted octanol–water partition coefficient (Wildman–Crippen LogP) is 2.54. The Morgan fingerprint density at radius 2 is 2.12 bits per heavy atom. The van der Waals surface area contributed by atoms with Crippen molar-refractivity contribution >= 4 is 11.9 Å². The Labute approximate surface area is 151 Å². The summed E-state index contributed by atoms with van der Waals surface area (Å²) in [6.45, 7) is 4.39. The smallest absolute Gasteiger partial charge is 0.273 e. The number of hydrogen-bond acceptors (Lipinski definition) is 6. The number of rotatable bonds is 2. The molecule has 0 saturated heterocycles. The van der Waals surface area contributed by atoms with E-state index in [1.807, 2.05) is 32.0 Å². The van der Waals surface area contributed by atoms with Crippen molar-refractivity contribution in [3.8, 4) is 11.3 Å². The van der Waals surface area contributed by atoms with Gasteiger partial charge in [0, 0.05) is 17.3 Å². The normalized spacial score (nSPS) is 15.8. The zero-order chi connectivity index (χ0) is 18.3. The van der Waals surface area contributed by atoms with Crippen molar-refractivity contribution in [3.05, 3.63) is 65.4 Å². The molecule has 3 aromatic rings. The lowest BCUT2D eigenvalue weighted by atomic mass is 10.0. The topological polar surface area (TPSA) is 97.9 Å². The van der Waals surface area contributed by atoms with Crippen LogP contribution < -0.4 is 5.73 Å². The van der Waals surface area contributed by atoms with Crippen molar-refractivity contribution in [2.45, 2.75) is 26.4 Å². The molecule has 0 aliphatic carbocycles. The van der Waals surface area contributed by atoms with Crippen molar-refractivity contribution in [1.82, 2.24) is 24.8 Å². The van der Waals surface area contributed by atoms with Crippen LogP contribution in [0.2, 0.25) is 0 Å². The van der Waals surface area contributed by atoms with Gasteiger partial charge in [0.1, 0.15) is 12.0 Å². The van der Waals surface area contributed by atoms with Crippen LogP contribution in [0, 0.1) is 6.92 Å². The summed E-state index contributed by atoms with van der Waals surface area (Å²) in [4.78, 5) is 31.4. The average Bonchev–Trinajstić information content (AvgIpc) is 2.98. The van der Waals surface area contributed by atoms with Gasteiger partial charge in [0.25, 0.3) is 5.91 Å². The van der Waals surface area contributed by atoms with Crippen molar-refractivity contribution in [1.29, 1.82) is 0 Å². The van der Waals surface area contributed by atoms with Crippen molar-refractivity contribution < 1.29 is 4.79 Å². The lowest BCUT2D eigenvalue weighted by Crippen LogP contribution is -2.29. The third-order valence-electron chi connectivity index (χ3n) is 4.60. The van der Waals surface area contributed by atoms with E-state index in [0.717, 1.165) is 28.1 Å². The second-order valence-corrected chi connectivity index (χ2v) is 6.37. The molecule has 1 atom stereocenters. The Morgan fingerprint density at radius 3 is 2.85 bits per heavy atom. The van der Waals surface area contributed by atoms with E-state index in [9.17, 15) is 4.79 Å². The maximum atomic E-state index is 12.9. The Morgan fingerprint density at radius 1 is 1.27 bits per heavy atom. The van der Waals surface area contributed by atoms with Crippen LogP contribution in [-0.2, 0) is 6.54 Å². The number of fused-ring (bicyclic) bond motifs is 1. The fourth-order valence-corrected chi connectivity index (χ4v) is 3.32. The molecule has 0 spiro atoms. The molecule has 0 fully saturated rings. The molecule has 130 valence electrons. The fraction of sp³-hybridized carbons (Fsp3) is 0.211. The van der Waals surface area contributed by atoms with Gasteiger partial charge in [0.15, 0.2) is 0 Å². The van der Waals surface area contributed by atoms with Gasteiger partial charge < -0.3 is 10.6 Å². The van der Waals surface area contributed by atoms with Crippen molar-refractivity contribution in [3.63, 3.8) is 0 Å². The third-order valence-corrected chi connectivity index (χ3v) is 4.60. The van der Waals surface area contributed by atoms with E-state index in [4.69, 9.17) is 5.73 Å². The molecular weight excluding hydrogens is 328 g/mol. The minimum absolute atomic E-state index is 0.160. The van der Waals surface area contributed by atoms with E-state index in [-0.39, 0.29) is 17.9 Å². The standard InChI is InChI=1S/C19H18N6O/c1-11-4-3-5-13(8-11)17-14-9-25(12(2)16(14)23-19(20)24-17)18(26)15-6-7-21-10-22-15/h3-8,10,12H,9H2,1-2H3,(H2,20,23,24). The molecule has 2 aromatic heterocycles. The minimum Gasteiger partial charge on any atom is -0.368 e. The van der Waals surface area contributed by atoms with Crippen LogP contribution in [-0.4, -0.2) is 30.7 Å². The van der Waals surface area contributed by atoms with Gasteiger partial charge in [-0.05, 0) is 26.0 Å². The van der Waals surface area contributed by atoms with Crippen LogP contribution in [0.3, 0.4) is 0 Å². The first-order valence-corrected chi connectivity index (χ1v) is 8.35. The molecule has 0 radical (unpaired) electrons. The fourth-order valence-electron chi connectivity index (χ4n) is 3.32. The Kier molecular flexibility index (Phi) is 3.84. The largest absolute Gasteiger partial charge is 0.368 e. The highest BCUT2D eigenvalue weighted by Gasteiger charge is 2.35. The van der Waals surface area contributed by atoms with Crippen LogP contribution in [0.4, 0.5) is 5.95 Å². The number of carbonyl (C=O) groups excluding carboxylic acids is 1. The van der Waals surface area contributed by atoms with E-state index in [1.54, 1.807) is 17.2 Å². The lowest BCUT2D eigenvalue weighted by Gasteiger charge is -2.20. The number of nitrogens with zero attached hydrogens (tertiary/aromatic N) is 5. The second-order valence-electron chi connectivity index (χ2n) is 6.37. The molecule has 3 heterocycles. The Hall–Kier alpha value is -3.35. The maximum Gasteiger partial charge on any atom is 0.273 e. The van der Waals surface area contributed by atoms with E-state index < -0.39 is 0 Å². The minimum atomic E-state index is -0.207. The second kappa shape index (κ2) is 6.18. The summed E-state index contributed by atoms with van der Waals surface area (Å²) in [7, 11) is 0. The van der Waals surface area contributed by atoms with Crippen molar-refractivity contribution in [2.24, 2.45) is 0 Å². The molecule has 0 bridgehead atoms. The number of nitrogens with two attached hydrogens (primary N) is 1. The monoisotopic (exact) mass is 346 g/mol. The van der Waals surface area contributed by atoms with Gasteiger partial charge in [-0.2, -0.15) is 0 Å². The molecule has 4 rings (SSSR count). The number of aryl methyl sites for hydroxylation is 1. The van der Waals surface area contributed by atoms with Crippen LogP contribution in [0.5, 0.6) is 0 Å². The first kappa shape index (κ1) is 16.1. The highest BCUT2D eigenvalue weighted by atomic mass is 16.2. The molecule has 1 aromatic carbocycles. The summed E-state index contributed by atoms with van der Waals surface area (Å²) < 4.78 is 0. The van der Waals surface area contributed by atoms with Gasteiger partial charge in [-0.1, -0.05) is 23.8 Å². The molecule has 26 heavy (non-hydrogen) atoms. The predicted molar refractivity (Wildman–Crippen MR) is 96.9 cm³/mol. The summed E-state index contributed by atoms with van der Waals surface area (Å²) in [5.74, 6) is 0.0510. The van der Waals surface area contributed by atoms with Gasteiger partial charge in [0.2, 0.25) is 5.95 Å². The van der Waals surface area contributed by atoms with E-state index in [2.05, 4.69) is 26.0 Å². The number of carbonyl (C=O) groups is 1. The molecule has 1 amide bonds. The molecule has 2 N–H and O–H groups in total. The Balaban J connectivity index is 1.78. The van der Waals surface area contributed by atoms with Crippen LogP contribution in [0.15, 0.2) is 42.9 Å². The molecule has 7 heteroatoms. The molecular formula is C19H18N6O. The first-order chi connectivity index (χ1) is 12.5. The zero-order valence-corrected chi connectivity index (χ0v) is 14.5. The van der Waals surface area contributed by atoms with Crippen LogP contribution >= 0.6 is 0 Å². The molecule has 1 aliphatic rings. The summed E-state index contributed by atoms with van der Waals surface area (Å²) in [6.07, 6.45) is 2.93.